The molecule has 0 saturated heterocycles. The van der Waals surface area contributed by atoms with Gasteiger partial charge in [0.15, 0.2) is 0 Å². The predicted molar refractivity (Wildman–Crippen MR) is 76.3 cm³/mol. The first kappa shape index (κ1) is 13.7. The van der Waals surface area contributed by atoms with Crippen molar-refractivity contribution in [2.24, 2.45) is 5.73 Å². The van der Waals surface area contributed by atoms with Gasteiger partial charge in [-0.05, 0) is 32.0 Å². The smallest absolute Gasteiger partial charge is 0.125 e. The number of benzene rings is 1. The standard InChI is InChI=1S/C16H21NO2/c1-4-12-9-10-15(19-12)16(17)13-7-5-6-8-14(13)18-11(2)3/h5-11,16H,4,17H2,1-3H3. The molecule has 1 aromatic heterocycles. The van der Waals surface area contributed by atoms with E-state index in [0.717, 1.165) is 29.3 Å². The fraction of sp³-hybridized carbons (Fsp3) is 0.375. The van der Waals surface area contributed by atoms with Gasteiger partial charge in [0.05, 0.1) is 12.1 Å². The molecule has 0 aliphatic carbocycles. The zero-order valence-corrected chi connectivity index (χ0v) is 11.7. The molecule has 2 aromatic rings. The minimum absolute atomic E-state index is 0.121. The lowest BCUT2D eigenvalue weighted by atomic mass is 10.0. The van der Waals surface area contributed by atoms with Crippen LogP contribution in [0.3, 0.4) is 0 Å². The molecule has 0 aliphatic rings. The van der Waals surface area contributed by atoms with Crippen molar-refractivity contribution in [2.75, 3.05) is 0 Å². The predicted octanol–water partition coefficient (Wildman–Crippen LogP) is 3.68. The van der Waals surface area contributed by atoms with Crippen molar-refractivity contribution in [1.29, 1.82) is 0 Å². The van der Waals surface area contributed by atoms with Gasteiger partial charge in [-0.2, -0.15) is 0 Å². The van der Waals surface area contributed by atoms with Crippen molar-refractivity contribution in [3.05, 3.63) is 53.5 Å². The Kier molecular flexibility index (Phi) is 4.27. The van der Waals surface area contributed by atoms with Gasteiger partial charge < -0.3 is 14.9 Å². The third kappa shape index (κ3) is 3.18. The quantitative estimate of drug-likeness (QED) is 0.891. The van der Waals surface area contributed by atoms with Crippen molar-refractivity contribution < 1.29 is 9.15 Å². The highest BCUT2D eigenvalue weighted by Crippen LogP contribution is 2.29. The summed E-state index contributed by atoms with van der Waals surface area (Å²) >= 11 is 0. The van der Waals surface area contributed by atoms with Crippen LogP contribution >= 0.6 is 0 Å². The molecule has 1 atom stereocenters. The maximum Gasteiger partial charge on any atom is 0.125 e. The Morgan fingerprint density at radius 3 is 2.53 bits per heavy atom. The second-order valence-electron chi connectivity index (χ2n) is 4.84. The number of ether oxygens (including phenoxy) is 1. The maximum absolute atomic E-state index is 6.29. The zero-order valence-electron chi connectivity index (χ0n) is 11.7. The molecule has 2 rings (SSSR count). The summed E-state index contributed by atoms with van der Waals surface area (Å²) < 4.78 is 11.5. The number of furan rings is 1. The molecule has 2 N–H and O–H groups in total. The van der Waals surface area contributed by atoms with E-state index in [0.29, 0.717) is 0 Å². The summed E-state index contributed by atoms with van der Waals surface area (Å²) in [6.07, 6.45) is 0.993. The largest absolute Gasteiger partial charge is 0.491 e. The van der Waals surface area contributed by atoms with Crippen molar-refractivity contribution in [3.63, 3.8) is 0 Å². The lowest BCUT2D eigenvalue weighted by molar-refractivity contribution is 0.238. The van der Waals surface area contributed by atoms with Crippen molar-refractivity contribution in [2.45, 2.75) is 39.3 Å². The molecule has 102 valence electrons. The van der Waals surface area contributed by atoms with Crippen LogP contribution in [0, 0.1) is 0 Å². The molecule has 3 heteroatoms. The minimum Gasteiger partial charge on any atom is -0.491 e. The van der Waals surface area contributed by atoms with Crippen LogP contribution in [0.5, 0.6) is 5.75 Å². The van der Waals surface area contributed by atoms with E-state index in [1.165, 1.54) is 0 Å². The second-order valence-corrected chi connectivity index (χ2v) is 4.84. The fourth-order valence-electron chi connectivity index (χ4n) is 2.00. The van der Waals surface area contributed by atoms with E-state index in [1.807, 2.05) is 50.2 Å². The Labute approximate surface area is 114 Å². The molecular weight excluding hydrogens is 238 g/mol. The fourth-order valence-corrected chi connectivity index (χ4v) is 2.00. The van der Waals surface area contributed by atoms with Gasteiger partial charge in [0.2, 0.25) is 0 Å². The third-order valence-corrected chi connectivity index (χ3v) is 2.95. The van der Waals surface area contributed by atoms with E-state index in [9.17, 15) is 0 Å². The Morgan fingerprint density at radius 2 is 1.89 bits per heavy atom. The van der Waals surface area contributed by atoms with Crippen molar-refractivity contribution in [1.82, 2.24) is 0 Å². The number of nitrogens with two attached hydrogens (primary N) is 1. The summed E-state index contributed by atoms with van der Waals surface area (Å²) in [6.45, 7) is 6.07. The minimum atomic E-state index is -0.296. The molecule has 0 aliphatic heterocycles. The van der Waals surface area contributed by atoms with Gasteiger partial charge in [0.1, 0.15) is 17.3 Å². The summed E-state index contributed by atoms with van der Waals surface area (Å²) in [5, 5.41) is 0. The van der Waals surface area contributed by atoms with Crippen LogP contribution < -0.4 is 10.5 Å². The van der Waals surface area contributed by atoms with Gasteiger partial charge >= 0.3 is 0 Å². The lowest BCUT2D eigenvalue weighted by Gasteiger charge is -2.17. The maximum atomic E-state index is 6.29. The van der Waals surface area contributed by atoms with Crippen LogP contribution in [0.15, 0.2) is 40.8 Å². The Hall–Kier alpha value is -1.74. The Morgan fingerprint density at radius 1 is 1.16 bits per heavy atom. The van der Waals surface area contributed by atoms with E-state index in [2.05, 4.69) is 6.92 Å². The van der Waals surface area contributed by atoms with Gasteiger partial charge in [0, 0.05) is 12.0 Å². The van der Waals surface area contributed by atoms with Gasteiger partial charge in [-0.15, -0.1) is 0 Å². The van der Waals surface area contributed by atoms with E-state index in [1.54, 1.807) is 0 Å². The summed E-state index contributed by atoms with van der Waals surface area (Å²) in [7, 11) is 0. The number of para-hydroxylation sites is 1. The van der Waals surface area contributed by atoms with Crippen LogP contribution in [0.2, 0.25) is 0 Å². The number of hydrogen-bond donors (Lipinski definition) is 1. The molecule has 0 fully saturated rings. The van der Waals surface area contributed by atoms with Crippen LogP contribution in [-0.4, -0.2) is 6.10 Å². The van der Waals surface area contributed by atoms with E-state index in [4.69, 9.17) is 14.9 Å². The van der Waals surface area contributed by atoms with Gasteiger partial charge in [-0.3, -0.25) is 0 Å². The lowest BCUT2D eigenvalue weighted by Crippen LogP contribution is -2.15. The van der Waals surface area contributed by atoms with Crippen LogP contribution in [-0.2, 0) is 6.42 Å². The topological polar surface area (TPSA) is 48.4 Å². The highest BCUT2D eigenvalue weighted by atomic mass is 16.5. The molecule has 0 bridgehead atoms. The molecule has 19 heavy (non-hydrogen) atoms. The number of rotatable bonds is 5. The van der Waals surface area contributed by atoms with E-state index < -0.39 is 0 Å². The van der Waals surface area contributed by atoms with Crippen LogP contribution in [0.25, 0.3) is 0 Å². The molecular formula is C16H21NO2. The first-order chi connectivity index (χ1) is 9.11. The Bertz CT molecular complexity index is 531. The average Bonchev–Trinajstić information content (AvgIpc) is 2.86. The van der Waals surface area contributed by atoms with E-state index >= 15 is 0 Å². The molecule has 0 saturated carbocycles. The van der Waals surface area contributed by atoms with E-state index in [-0.39, 0.29) is 12.1 Å². The normalized spacial score (nSPS) is 12.7. The monoisotopic (exact) mass is 259 g/mol. The number of hydrogen-bond acceptors (Lipinski definition) is 3. The Balaban J connectivity index is 2.29. The second kappa shape index (κ2) is 5.93. The molecule has 0 amide bonds. The van der Waals surface area contributed by atoms with Crippen LogP contribution in [0.1, 0.15) is 43.9 Å². The summed E-state index contributed by atoms with van der Waals surface area (Å²) in [6, 6.07) is 11.5. The summed E-state index contributed by atoms with van der Waals surface area (Å²) in [5.74, 6) is 2.55. The van der Waals surface area contributed by atoms with Gasteiger partial charge in [0.25, 0.3) is 0 Å². The first-order valence-corrected chi connectivity index (χ1v) is 6.71. The molecule has 3 nitrogen and oxygen atoms in total. The molecule has 0 spiro atoms. The highest BCUT2D eigenvalue weighted by molar-refractivity contribution is 5.39. The molecule has 1 heterocycles. The zero-order chi connectivity index (χ0) is 13.8. The number of aryl methyl sites for hydroxylation is 1. The molecule has 0 radical (unpaired) electrons. The van der Waals surface area contributed by atoms with Crippen molar-refractivity contribution in [3.8, 4) is 5.75 Å². The highest BCUT2D eigenvalue weighted by Gasteiger charge is 2.17. The van der Waals surface area contributed by atoms with Crippen LogP contribution in [0.4, 0.5) is 0 Å². The molecule has 1 aromatic carbocycles. The van der Waals surface area contributed by atoms with Crippen molar-refractivity contribution >= 4 is 0 Å². The first-order valence-electron chi connectivity index (χ1n) is 6.71. The summed E-state index contributed by atoms with van der Waals surface area (Å²) in [4.78, 5) is 0. The van der Waals surface area contributed by atoms with Gasteiger partial charge in [-0.25, -0.2) is 0 Å². The SMILES string of the molecule is CCc1ccc(C(N)c2ccccc2OC(C)C)o1. The molecule has 1 unspecified atom stereocenters. The summed E-state index contributed by atoms with van der Waals surface area (Å²) in [5.41, 5.74) is 7.24. The van der Waals surface area contributed by atoms with Gasteiger partial charge in [-0.1, -0.05) is 25.1 Å². The third-order valence-electron chi connectivity index (χ3n) is 2.95. The average molecular weight is 259 g/mol.